The molecule has 2 aromatic rings. The third-order valence-corrected chi connectivity index (χ3v) is 3.94. The Balaban J connectivity index is 2.14. The van der Waals surface area contributed by atoms with Crippen LogP contribution in [0, 0.1) is 0 Å². The summed E-state index contributed by atoms with van der Waals surface area (Å²) in [7, 11) is 1.52. The lowest BCUT2D eigenvalue weighted by atomic mass is 10.2. The number of ether oxygens (including phenoxy) is 1. The first-order chi connectivity index (χ1) is 13.6. The zero-order valence-electron chi connectivity index (χ0n) is 15.8. The van der Waals surface area contributed by atoms with Gasteiger partial charge in [-0.05, 0) is 48.5 Å². The average molecular weight is 407 g/mol. The Morgan fingerprint density at radius 1 is 1.03 bits per heavy atom. The molecule has 2 rings (SSSR count). The molecule has 1 amide bonds. The summed E-state index contributed by atoms with van der Waals surface area (Å²) in [5.41, 5.74) is 6.20. The molecular weight excluding hydrogens is 387 g/mol. The van der Waals surface area contributed by atoms with Gasteiger partial charge in [0.2, 0.25) is 0 Å². The van der Waals surface area contributed by atoms with Crippen LogP contribution in [-0.4, -0.2) is 25.3 Å². The number of Topliss-reactive ketones (excluding diaryl/α,β-unsaturated/α-hetero) is 1. The molecule has 6 nitrogen and oxygen atoms in total. The predicted molar refractivity (Wildman–Crippen MR) is 102 cm³/mol. The summed E-state index contributed by atoms with van der Waals surface area (Å²) in [4.78, 5) is 23.3. The second-order valence-corrected chi connectivity index (χ2v) is 6.04. The first kappa shape index (κ1) is 21.8. The van der Waals surface area contributed by atoms with Crippen molar-refractivity contribution in [3.05, 3.63) is 71.1 Å². The Morgan fingerprint density at radius 2 is 1.62 bits per heavy atom. The van der Waals surface area contributed by atoms with Crippen molar-refractivity contribution in [2.24, 2.45) is 5.73 Å². The number of allylic oxidation sites excluding steroid dienone is 1. The molecule has 29 heavy (non-hydrogen) atoms. The van der Waals surface area contributed by atoms with Crippen molar-refractivity contribution in [1.29, 1.82) is 0 Å². The molecule has 0 fully saturated rings. The zero-order valence-corrected chi connectivity index (χ0v) is 15.8. The van der Waals surface area contributed by atoms with Crippen LogP contribution in [0.3, 0.4) is 0 Å². The number of alkyl halides is 3. The van der Waals surface area contributed by atoms with E-state index in [0.717, 1.165) is 12.1 Å². The lowest BCUT2D eigenvalue weighted by Crippen LogP contribution is -2.21. The van der Waals surface area contributed by atoms with Gasteiger partial charge in [0, 0.05) is 25.2 Å². The van der Waals surface area contributed by atoms with E-state index in [2.05, 4.69) is 10.6 Å². The fourth-order valence-electron chi connectivity index (χ4n) is 2.31. The normalized spacial score (nSPS) is 12.0. The highest BCUT2D eigenvalue weighted by molar-refractivity contribution is 5.95. The van der Waals surface area contributed by atoms with Crippen molar-refractivity contribution in [1.82, 2.24) is 5.32 Å². The molecule has 0 atom stereocenters. The predicted octanol–water partition coefficient (Wildman–Crippen LogP) is 3.32. The van der Waals surface area contributed by atoms with Crippen LogP contribution in [0.25, 0.3) is 0 Å². The van der Waals surface area contributed by atoms with Crippen molar-refractivity contribution in [3.8, 4) is 5.75 Å². The Kier molecular flexibility index (Phi) is 6.87. The van der Waals surface area contributed by atoms with Crippen LogP contribution in [0.1, 0.15) is 22.8 Å². The van der Waals surface area contributed by atoms with E-state index in [1.54, 1.807) is 24.3 Å². The maximum atomic E-state index is 12.6. The number of anilines is 1. The lowest BCUT2D eigenvalue weighted by Gasteiger charge is -2.15. The SMILES string of the molecule is CNC(=O)c1ccc(N/C(COc2ccc(C(F)(F)F)cc2)=C(\N)C(C)=O)cc1. The van der Waals surface area contributed by atoms with Gasteiger partial charge in [0.25, 0.3) is 5.91 Å². The second kappa shape index (κ2) is 9.13. The maximum Gasteiger partial charge on any atom is 0.416 e. The van der Waals surface area contributed by atoms with E-state index >= 15 is 0 Å². The summed E-state index contributed by atoms with van der Waals surface area (Å²) in [5.74, 6) is -0.463. The number of halogens is 3. The van der Waals surface area contributed by atoms with Crippen LogP contribution in [0.5, 0.6) is 5.75 Å². The fourth-order valence-corrected chi connectivity index (χ4v) is 2.31. The van der Waals surface area contributed by atoms with E-state index in [9.17, 15) is 22.8 Å². The molecule has 0 aliphatic rings. The van der Waals surface area contributed by atoms with Crippen molar-refractivity contribution in [2.45, 2.75) is 13.1 Å². The third-order valence-electron chi connectivity index (χ3n) is 3.94. The summed E-state index contributed by atoms with van der Waals surface area (Å²) in [6, 6.07) is 10.6. The summed E-state index contributed by atoms with van der Waals surface area (Å²) in [6.45, 7) is 1.11. The van der Waals surface area contributed by atoms with Crippen LogP contribution >= 0.6 is 0 Å². The van der Waals surface area contributed by atoms with Crippen molar-refractivity contribution in [2.75, 3.05) is 19.0 Å². The molecule has 0 aliphatic heterocycles. The summed E-state index contributed by atoms with van der Waals surface area (Å²) >= 11 is 0. The van der Waals surface area contributed by atoms with Crippen LogP contribution in [0.15, 0.2) is 59.9 Å². The molecule has 0 heterocycles. The molecule has 0 aliphatic carbocycles. The largest absolute Gasteiger partial charge is 0.487 e. The van der Waals surface area contributed by atoms with Crippen LogP contribution in [-0.2, 0) is 11.0 Å². The van der Waals surface area contributed by atoms with Crippen LogP contribution in [0.4, 0.5) is 18.9 Å². The minimum atomic E-state index is -4.44. The van der Waals surface area contributed by atoms with Gasteiger partial charge in [-0.3, -0.25) is 9.59 Å². The van der Waals surface area contributed by atoms with Gasteiger partial charge in [0.05, 0.1) is 17.0 Å². The van der Waals surface area contributed by atoms with Gasteiger partial charge < -0.3 is 21.1 Å². The highest BCUT2D eigenvalue weighted by atomic mass is 19.4. The summed E-state index contributed by atoms with van der Waals surface area (Å²) in [5, 5.41) is 5.45. The first-order valence-corrected chi connectivity index (χ1v) is 8.50. The summed E-state index contributed by atoms with van der Waals surface area (Å²) < 4.78 is 43.4. The van der Waals surface area contributed by atoms with E-state index in [-0.39, 0.29) is 29.7 Å². The van der Waals surface area contributed by atoms with Gasteiger partial charge in [0.15, 0.2) is 5.78 Å². The van der Waals surface area contributed by atoms with E-state index in [1.165, 1.54) is 26.1 Å². The molecule has 0 bridgehead atoms. The van der Waals surface area contributed by atoms with E-state index in [0.29, 0.717) is 11.3 Å². The average Bonchev–Trinajstić information content (AvgIpc) is 2.70. The maximum absolute atomic E-state index is 12.6. The Bertz CT molecular complexity index is 905. The number of ketones is 1. The minimum absolute atomic E-state index is 0.0766. The summed E-state index contributed by atoms with van der Waals surface area (Å²) in [6.07, 6.45) is -4.44. The standard InChI is InChI=1S/C20H20F3N3O3/c1-12(27)18(24)17(26-15-7-3-13(4-8-15)19(28)25-2)11-29-16-9-5-14(6-10-16)20(21,22)23/h3-10,26H,11,24H2,1-2H3,(H,25,28)/b18-17-. The topological polar surface area (TPSA) is 93.4 Å². The van der Waals surface area contributed by atoms with Gasteiger partial charge in [-0.25, -0.2) is 0 Å². The second-order valence-electron chi connectivity index (χ2n) is 6.04. The quantitative estimate of drug-likeness (QED) is 0.613. The number of nitrogens with two attached hydrogens (primary N) is 1. The fraction of sp³-hybridized carbons (Fsp3) is 0.200. The van der Waals surface area contributed by atoms with Gasteiger partial charge >= 0.3 is 6.18 Å². The van der Waals surface area contributed by atoms with Gasteiger partial charge in [-0.2, -0.15) is 13.2 Å². The van der Waals surface area contributed by atoms with Gasteiger partial charge in [-0.15, -0.1) is 0 Å². The Morgan fingerprint density at radius 3 is 2.10 bits per heavy atom. The van der Waals surface area contributed by atoms with Crippen molar-refractivity contribution in [3.63, 3.8) is 0 Å². The van der Waals surface area contributed by atoms with E-state index in [4.69, 9.17) is 10.5 Å². The van der Waals surface area contributed by atoms with Crippen molar-refractivity contribution < 1.29 is 27.5 Å². The number of hydrogen-bond donors (Lipinski definition) is 3. The van der Waals surface area contributed by atoms with Crippen LogP contribution in [0.2, 0.25) is 0 Å². The molecule has 0 radical (unpaired) electrons. The van der Waals surface area contributed by atoms with Gasteiger partial charge in [0.1, 0.15) is 12.4 Å². The molecular formula is C20H20F3N3O3. The number of rotatable bonds is 7. The Hall–Kier alpha value is -3.49. The molecule has 154 valence electrons. The molecule has 0 saturated heterocycles. The number of carbonyl (C=O) groups is 2. The number of amides is 1. The monoisotopic (exact) mass is 407 g/mol. The first-order valence-electron chi connectivity index (χ1n) is 8.50. The Labute approximate surface area is 165 Å². The number of benzene rings is 2. The highest BCUT2D eigenvalue weighted by Gasteiger charge is 2.30. The number of nitrogens with one attached hydrogen (secondary N) is 2. The molecule has 2 aromatic carbocycles. The number of hydrogen-bond acceptors (Lipinski definition) is 5. The third kappa shape index (κ3) is 6.00. The minimum Gasteiger partial charge on any atom is -0.487 e. The zero-order chi connectivity index (χ0) is 21.6. The highest BCUT2D eigenvalue weighted by Crippen LogP contribution is 2.30. The molecule has 4 N–H and O–H groups in total. The lowest BCUT2D eigenvalue weighted by molar-refractivity contribution is -0.137. The van der Waals surface area contributed by atoms with Crippen molar-refractivity contribution >= 4 is 17.4 Å². The molecule has 0 saturated carbocycles. The smallest absolute Gasteiger partial charge is 0.416 e. The molecule has 0 unspecified atom stereocenters. The van der Waals surface area contributed by atoms with E-state index in [1.807, 2.05) is 0 Å². The van der Waals surface area contributed by atoms with E-state index < -0.39 is 17.5 Å². The molecule has 9 heteroatoms. The van der Waals surface area contributed by atoms with Crippen LogP contribution < -0.4 is 21.1 Å². The van der Waals surface area contributed by atoms with Gasteiger partial charge in [-0.1, -0.05) is 0 Å². The number of carbonyl (C=O) groups excluding carboxylic acids is 2. The molecule has 0 spiro atoms. The molecule has 0 aromatic heterocycles.